The van der Waals surface area contributed by atoms with Gasteiger partial charge in [0.2, 0.25) is 5.91 Å². The zero-order valence-electron chi connectivity index (χ0n) is 17.1. The average Bonchev–Trinajstić information content (AvgIpc) is 3.16. The molecule has 1 heterocycles. The molecule has 7 heteroatoms. The summed E-state index contributed by atoms with van der Waals surface area (Å²) in [5.41, 5.74) is -0.270. The molecule has 4 nitrogen and oxygen atoms in total. The maximum absolute atomic E-state index is 14.5. The molecule has 160 valence electrons. The lowest BCUT2D eigenvalue weighted by molar-refractivity contribution is -0.138. The van der Waals surface area contributed by atoms with Crippen molar-refractivity contribution >= 4 is 5.91 Å². The van der Waals surface area contributed by atoms with Gasteiger partial charge < -0.3 is 14.8 Å². The van der Waals surface area contributed by atoms with Crippen LogP contribution < -0.4 is 5.32 Å². The third-order valence-electron chi connectivity index (χ3n) is 7.69. The van der Waals surface area contributed by atoms with Crippen molar-refractivity contribution in [2.24, 2.45) is 22.7 Å². The fourth-order valence-electron chi connectivity index (χ4n) is 6.28. The number of ether oxygens (including phenoxy) is 2. The van der Waals surface area contributed by atoms with E-state index in [1.807, 2.05) is 0 Å². The fraction of sp³-hybridized carbons (Fsp3) is 0.682. The third-order valence-corrected chi connectivity index (χ3v) is 7.69. The lowest BCUT2D eigenvalue weighted by Gasteiger charge is -2.53. The minimum absolute atomic E-state index is 0.0543. The van der Waals surface area contributed by atoms with E-state index in [0.717, 1.165) is 25.3 Å². The van der Waals surface area contributed by atoms with Crippen LogP contribution in [0.5, 0.6) is 0 Å². The fourth-order valence-corrected chi connectivity index (χ4v) is 6.28. The van der Waals surface area contributed by atoms with Gasteiger partial charge in [0.25, 0.3) is 0 Å². The smallest absolute Gasteiger partial charge is 0.222 e. The summed E-state index contributed by atoms with van der Waals surface area (Å²) >= 11 is 0. The number of carbonyl (C=O) groups excluding carboxylic acids is 1. The highest BCUT2D eigenvalue weighted by molar-refractivity contribution is 5.76. The molecule has 2 aliphatic carbocycles. The molecule has 0 unspecified atom stereocenters. The number of nitrogens with one attached hydrogen (secondary N) is 1. The normalized spacial score (nSPS) is 34.8. The monoisotopic (exact) mass is 411 g/mol. The number of methoxy groups -OCH3 is 1. The maximum atomic E-state index is 14.5. The van der Waals surface area contributed by atoms with E-state index in [1.165, 1.54) is 0 Å². The quantitative estimate of drug-likeness (QED) is 0.741. The Labute approximate surface area is 169 Å². The number of hydrogen-bond donors (Lipinski definition) is 1. The molecular formula is C22H28F3NO3. The zero-order valence-corrected chi connectivity index (χ0v) is 17.1. The summed E-state index contributed by atoms with van der Waals surface area (Å²) < 4.78 is 52.8. The Morgan fingerprint density at radius 1 is 1.24 bits per heavy atom. The first-order valence-electron chi connectivity index (χ1n) is 10.2. The van der Waals surface area contributed by atoms with Crippen molar-refractivity contribution in [3.63, 3.8) is 0 Å². The number of carbonyl (C=O) groups is 1. The largest absolute Gasteiger partial charge is 0.384 e. The van der Waals surface area contributed by atoms with Gasteiger partial charge in [-0.15, -0.1) is 0 Å². The van der Waals surface area contributed by atoms with Gasteiger partial charge in [-0.2, -0.15) is 0 Å². The summed E-state index contributed by atoms with van der Waals surface area (Å²) in [7, 11) is 1.56. The molecule has 4 rings (SSSR count). The minimum atomic E-state index is -1.20. The molecule has 0 aromatic heterocycles. The van der Waals surface area contributed by atoms with E-state index in [1.54, 1.807) is 7.11 Å². The highest BCUT2D eigenvalue weighted by Crippen LogP contribution is 2.70. The SMILES string of the molecule is COCCC(=O)N[C@H]1C(C)(C)[C@@H]2C[C@@H]3[C@@H](c4cc(F)c(F)cc4F)OCC[C@@]31C2. The summed E-state index contributed by atoms with van der Waals surface area (Å²) in [5, 5.41) is 3.23. The number of amides is 1. The average molecular weight is 411 g/mol. The number of benzene rings is 1. The van der Waals surface area contributed by atoms with E-state index >= 15 is 0 Å². The molecule has 1 saturated heterocycles. The van der Waals surface area contributed by atoms with E-state index in [9.17, 15) is 18.0 Å². The van der Waals surface area contributed by atoms with Crippen LogP contribution in [0.15, 0.2) is 12.1 Å². The lowest BCUT2D eigenvalue weighted by atomic mass is 9.58. The molecule has 0 radical (unpaired) electrons. The van der Waals surface area contributed by atoms with Gasteiger partial charge in [0.15, 0.2) is 11.6 Å². The van der Waals surface area contributed by atoms with Crippen LogP contribution in [0.1, 0.15) is 51.2 Å². The van der Waals surface area contributed by atoms with Gasteiger partial charge in [-0.05, 0) is 48.0 Å². The molecule has 2 saturated carbocycles. The molecule has 1 aliphatic heterocycles. The summed E-state index contributed by atoms with van der Waals surface area (Å²) in [4.78, 5) is 12.5. The number of hydrogen-bond acceptors (Lipinski definition) is 3. The highest BCUT2D eigenvalue weighted by atomic mass is 19.2. The first-order valence-corrected chi connectivity index (χ1v) is 10.2. The molecule has 2 bridgehead atoms. The summed E-state index contributed by atoms with van der Waals surface area (Å²) in [6.07, 6.45) is 2.14. The third kappa shape index (κ3) is 3.17. The van der Waals surface area contributed by atoms with E-state index in [-0.39, 0.29) is 40.7 Å². The standard InChI is InChI=1S/C22H28F3NO3/c1-21(2)12-8-14-19(13-9-16(24)17(25)10-15(13)23)29-7-5-22(14,11-12)20(21)26-18(27)4-6-28-3/h9-10,12,14,19-20H,4-8,11H2,1-3H3,(H,26,27)/t12-,14-,19-,20+,22-/m1/s1. The second-order valence-electron chi connectivity index (χ2n) is 9.37. The van der Waals surface area contributed by atoms with Crippen LogP contribution in [0.4, 0.5) is 13.2 Å². The van der Waals surface area contributed by atoms with Crippen molar-refractivity contribution in [2.75, 3.05) is 20.3 Å². The van der Waals surface area contributed by atoms with Crippen molar-refractivity contribution in [1.29, 1.82) is 0 Å². The molecule has 3 fully saturated rings. The van der Waals surface area contributed by atoms with Crippen molar-refractivity contribution in [1.82, 2.24) is 5.32 Å². The number of rotatable bonds is 5. The molecule has 5 atom stereocenters. The first kappa shape index (κ1) is 20.7. The van der Waals surface area contributed by atoms with E-state index in [2.05, 4.69) is 19.2 Å². The second-order valence-corrected chi connectivity index (χ2v) is 9.37. The second kappa shape index (κ2) is 7.27. The van der Waals surface area contributed by atoms with Crippen LogP contribution in [-0.2, 0) is 14.3 Å². The first-order chi connectivity index (χ1) is 13.7. The van der Waals surface area contributed by atoms with Gasteiger partial charge >= 0.3 is 0 Å². The summed E-state index contributed by atoms with van der Waals surface area (Å²) in [6, 6.07) is 1.44. The Hall–Kier alpha value is -1.60. The van der Waals surface area contributed by atoms with Crippen LogP contribution in [0, 0.1) is 40.1 Å². The summed E-state index contributed by atoms with van der Waals surface area (Å²) in [5.74, 6) is -2.83. The molecular weight excluding hydrogens is 383 g/mol. The maximum Gasteiger partial charge on any atom is 0.222 e. The molecule has 3 aliphatic rings. The van der Waals surface area contributed by atoms with Gasteiger partial charge in [0.05, 0.1) is 12.7 Å². The van der Waals surface area contributed by atoms with Crippen LogP contribution in [-0.4, -0.2) is 32.3 Å². The van der Waals surface area contributed by atoms with E-state index in [0.29, 0.717) is 25.2 Å². The molecule has 1 spiro atoms. The van der Waals surface area contributed by atoms with Gasteiger partial charge in [-0.3, -0.25) is 4.79 Å². The van der Waals surface area contributed by atoms with Crippen LogP contribution >= 0.6 is 0 Å². The van der Waals surface area contributed by atoms with Gasteiger partial charge in [-0.25, -0.2) is 13.2 Å². The Morgan fingerprint density at radius 3 is 2.69 bits per heavy atom. The molecule has 29 heavy (non-hydrogen) atoms. The molecule has 1 amide bonds. The minimum Gasteiger partial charge on any atom is -0.384 e. The van der Waals surface area contributed by atoms with Crippen LogP contribution in [0.3, 0.4) is 0 Å². The molecule has 1 aromatic rings. The molecule has 1 N–H and O–H groups in total. The Balaban J connectivity index is 1.67. The van der Waals surface area contributed by atoms with Crippen LogP contribution in [0.25, 0.3) is 0 Å². The van der Waals surface area contributed by atoms with Gasteiger partial charge in [0, 0.05) is 37.8 Å². The van der Waals surface area contributed by atoms with Crippen LogP contribution in [0.2, 0.25) is 0 Å². The van der Waals surface area contributed by atoms with Crippen molar-refractivity contribution in [3.8, 4) is 0 Å². The van der Waals surface area contributed by atoms with E-state index < -0.39 is 23.6 Å². The topological polar surface area (TPSA) is 47.6 Å². The Bertz CT molecular complexity index is 815. The summed E-state index contributed by atoms with van der Waals surface area (Å²) in [6.45, 7) is 5.09. The van der Waals surface area contributed by atoms with Gasteiger partial charge in [-0.1, -0.05) is 13.8 Å². The van der Waals surface area contributed by atoms with E-state index in [4.69, 9.17) is 9.47 Å². The van der Waals surface area contributed by atoms with Crippen molar-refractivity contribution < 1.29 is 27.4 Å². The number of fused-ring (bicyclic) bond motifs is 1. The Kier molecular flexibility index (Phi) is 5.18. The Morgan fingerprint density at radius 2 is 1.97 bits per heavy atom. The number of halogens is 3. The van der Waals surface area contributed by atoms with Crippen molar-refractivity contribution in [2.45, 2.75) is 51.7 Å². The predicted molar refractivity (Wildman–Crippen MR) is 100 cm³/mol. The zero-order chi connectivity index (χ0) is 21.0. The predicted octanol–water partition coefficient (Wildman–Crippen LogP) is 4.14. The van der Waals surface area contributed by atoms with Gasteiger partial charge in [0.1, 0.15) is 5.82 Å². The lowest BCUT2D eigenvalue weighted by Crippen LogP contribution is -2.59. The van der Waals surface area contributed by atoms with Crippen molar-refractivity contribution in [3.05, 3.63) is 35.1 Å². The highest BCUT2D eigenvalue weighted by Gasteiger charge is 2.68. The molecule has 1 aromatic carbocycles.